The van der Waals surface area contributed by atoms with Gasteiger partial charge in [0, 0.05) is 31.6 Å². The van der Waals surface area contributed by atoms with Crippen molar-refractivity contribution in [3.05, 3.63) is 45.2 Å². The van der Waals surface area contributed by atoms with Gasteiger partial charge in [0.2, 0.25) is 46.6 Å². The fourth-order valence-corrected chi connectivity index (χ4v) is 7.14. The van der Waals surface area contributed by atoms with E-state index >= 15 is 0 Å². The molecule has 1 unspecified atom stereocenters. The molecule has 2 aromatic rings. The zero-order valence-corrected chi connectivity index (χ0v) is 32.4. The van der Waals surface area contributed by atoms with Gasteiger partial charge in [-0.1, -0.05) is 66.7 Å². The summed E-state index contributed by atoms with van der Waals surface area (Å²) in [6.45, 7) is 11.0. The fraction of sp³-hybridized carbons (Fsp3) is 0.676. The molecule has 2 amide bonds. The number of carbonyl (C=O) groups is 3. The molecule has 0 saturated carbocycles. The Bertz CT molecular complexity index is 1500. The molecular weight excluding hydrogens is 723 g/mol. The minimum atomic E-state index is -2.39. The Hall–Kier alpha value is -3.21. The molecule has 1 saturated heterocycles. The number of ether oxygens (including phenoxy) is 3. The van der Waals surface area contributed by atoms with Gasteiger partial charge < -0.3 is 24.4 Å². The maximum absolute atomic E-state index is 14.6. The molecule has 0 spiro atoms. The highest BCUT2D eigenvalue weighted by atomic mass is 32.1. The summed E-state index contributed by atoms with van der Waals surface area (Å²) in [5, 5.41) is 4.54. The summed E-state index contributed by atoms with van der Waals surface area (Å²) in [6, 6.07) is -1.71. The standard InChI is InChI=1S/C37H53F5N4O6S/c1-8-10-14-17-51-20-46(36(48)32(22(5)9-2)44-34(47)24-15-12-11-13-16-45(24)6)25(21(3)4)18-26(50-7)35-43-23(19-53-35)37(49)52-33-30(41)28(39)27(38)29(40)31(33)42/h19,21-22,24-26,32H,8-18,20H2,1-7H3,(H,44,47)/t22?,24-,25-,26-,32+/m1/s1. The third-order valence-electron chi connectivity index (χ3n) is 9.79. The predicted molar refractivity (Wildman–Crippen MR) is 190 cm³/mol. The SMILES string of the molecule is CCCCCOCN(C(=O)[C@@H](NC(=O)[C@H]1CCCCCN1C)C(C)CC)[C@H](C[C@@H](OC)c1nc(C(=O)Oc2c(F)c(F)c(F)c(F)c2F)cs1)C(C)C. The smallest absolute Gasteiger partial charge is 0.363 e. The normalized spacial score (nSPS) is 17.6. The van der Waals surface area contributed by atoms with Crippen molar-refractivity contribution in [1.82, 2.24) is 20.1 Å². The number of rotatable bonds is 19. The van der Waals surface area contributed by atoms with Gasteiger partial charge in [-0.15, -0.1) is 11.3 Å². The topological polar surface area (TPSA) is 110 Å². The number of methoxy groups -OCH3 is 1. The average molecular weight is 777 g/mol. The molecule has 1 aromatic carbocycles. The van der Waals surface area contributed by atoms with E-state index in [1.165, 1.54) is 12.5 Å². The van der Waals surface area contributed by atoms with Crippen LogP contribution in [-0.2, 0) is 19.1 Å². The van der Waals surface area contributed by atoms with Crippen molar-refractivity contribution in [2.45, 2.75) is 117 Å². The number of amides is 2. The van der Waals surface area contributed by atoms with Crippen molar-refractivity contribution >= 4 is 29.1 Å². The van der Waals surface area contributed by atoms with E-state index in [-0.39, 0.29) is 47.9 Å². The number of benzene rings is 1. The number of likely N-dealkylation sites (N-methyl/N-ethyl adjacent to an activating group) is 1. The van der Waals surface area contributed by atoms with Gasteiger partial charge in [0.1, 0.15) is 23.9 Å². The van der Waals surface area contributed by atoms with Crippen LogP contribution in [0.2, 0.25) is 0 Å². The molecule has 1 N–H and O–H groups in total. The summed E-state index contributed by atoms with van der Waals surface area (Å²) < 4.78 is 85.7. The van der Waals surface area contributed by atoms with Crippen molar-refractivity contribution in [1.29, 1.82) is 0 Å². The Balaban J connectivity index is 1.90. The molecule has 298 valence electrons. The molecule has 1 aliphatic heterocycles. The number of thiazole rings is 1. The Morgan fingerprint density at radius 3 is 2.26 bits per heavy atom. The van der Waals surface area contributed by atoms with Crippen LogP contribution in [-0.4, -0.2) is 84.7 Å². The van der Waals surface area contributed by atoms with E-state index in [0.29, 0.717) is 19.4 Å². The highest BCUT2D eigenvalue weighted by Gasteiger charge is 2.38. The Morgan fingerprint density at radius 1 is 1.00 bits per heavy atom. The second-order valence-corrected chi connectivity index (χ2v) is 14.8. The molecule has 1 aromatic heterocycles. The summed E-state index contributed by atoms with van der Waals surface area (Å²) >= 11 is 0.951. The van der Waals surface area contributed by atoms with Crippen LogP contribution in [0.4, 0.5) is 22.0 Å². The van der Waals surface area contributed by atoms with Crippen molar-refractivity contribution in [2.75, 3.05) is 34.0 Å². The number of nitrogens with one attached hydrogen (secondary N) is 1. The van der Waals surface area contributed by atoms with Crippen LogP contribution in [0.1, 0.15) is 114 Å². The Morgan fingerprint density at radius 2 is 1.66 bits per heavy atom. The highest BCUT2D eigenvalue weighted by molar-refractivity contribution is 7.09. The molecule has 0 radical (unpaired) electrons. The quantitative estimate of drug-likeness (QED) is 0.0296. The maximum atomic E-state index is 14.6. The summed E-state index contributed by atoms with van der Waals surface area (Å²) in [6.07, 6.45) is 6.37. The first-order valence-corrected chi connectivity index (χ1v) is 19.2. The van der Waals surface area contributed by atoms with Crippen LogP contribution in [0, 0.1) is 40.9 Å². The van der Waals surface area contributed by atoms with Gasteiger partial charge in [-0.3, -0.25) is 14.5 Å². The third kappa shape index (κ3) is 11.4. The van der Waals surface area contributed by atoms with E-state index in [1.807, 2.05) is 39.6 Å². The van der Waals surface area contributed by atoms with Crippen LogP contribution in [0.15, 0.2) is 5.38 Å². The molecule has 1 aliphatic rings. The summed E-state index contributed by atoms with van der Waals surface area (Å²) in [4.78, 5) is 49.0. The van der Waals surface area contributed by atoms with Crippen LogP contribution >= 0.6 is 11.3 Å². The van der Waals surface area contributed by atoms with Gasteiger partial charge in [-0.25, -0.2) is 22.9 Å². The van der Waals surface area contributed by atoms with Crippen LogP contribution in [0.3, 0.4) is 0 Å². The van der Waals surface area contributed by atoms with Crippen LogP contribution in [0.25, 0.3) is 0 Å². The summed E-state index contributed by atoms with van der Waals surface area (Å²) in [5.74, 6) is -15.6. The molecule has 0 bridgehead atoms. The van der Waals surface area contributed by atoms with Gasteiger partial charge in [0.15, 0.2) is 5.69 Å². The van der Waals surface area contributed by atoms with E-state index in [4.69, 9.17) is 9.47 Å². The second-order valence-electron chi connectivity index (χ2n) is 13.9. The summed E-state index contributed by atoms with van der Waals surface area (Å²) in [5.41, 5.74) is -0.452. The molecular formula is C37H53F5N4O6S. The lowest BCUT2D eigenvalue weighted by atomic mass is 9.92. The van der Waals surface area contributed by atoms with Crippen LogP contribution in [0.5, 0.6) is 5.75 Å². The number of likely N-dealkylation sites (tertiary alicyclic amines) is 1. The Kier molecular flexibility index (Phi) is 17.5. The third-order valence-corrected chi connectivity index (χ3v) is 10.7. The lowest BCUT2D eigenvalue weighted by Gasteiger charge is -2.39. The van der Waals surface area contributed by atoms with Gasteiger partial charge in [-0.2, -0.15) is 8.78 Å². The van der Waals surface area contributed by atoms with Crippen molar-refractivity contribution < 1.29 is 50.5 Å². The number of carbonyl (C=O) groups excluding carboxylic acids is 3. The molecule has 3 rings (SSSR count). The highest BCUT2D eigenvalue weighted by Crippen LogP contribution is 2.33. The largest absolute Gasteiger partial charge is 0.415 e. The van der Waals surface area contributed by atoms with Gasteiger partial charge in [-0.05, 0) is 44.7 Å². The fourth-order valence-electron chi connectivity index (χ4n) is 6.26. The van der Waals surface area contributed by atoms with E-state index < -0.39 is 64.7 Å². The first-order valence-electron chi connectivity index (χ1n) is 18.3. The maximum Gasteiger partial charge on any atom is 0.363 e. The lowest BCUT2D eigenvalue weighted by Crippen LogP contribution is -2.58. The van der Waals surface area contributed by atoms with Gasteiger partial charge in [0.05, 0.1) is 6.04 Å². The molecule has 16 heteroatoms. The number of aromatic nitrogens is 1. The Labute approximate surface area is 312 Å². The molecule has 53 heavy (non-hydrogen) atoms. The number of hydrogen-bond acceptors (Lipinski definition) is 9. The van der Waals surface area contributed by atoms with Gasteiger partial charge in [0.25, 0.3) is 0 Å². The van der Waals surface area contributed by atoms with Crippen molar-refractivity contribution in [2.24, 2.45) is 11.8 Å². The molecule has 0 aliphatic carbocycles. The number of unbranched alkanes of at least 4 members (excludes halogenated alkanes) is 2. The van der Waals surface area contributed by atoms with Crippen LogP contribution < -0.4 is 10.1 Å². The first-order chi connectivity index (χ1) is 25.2. The molecule has 1 fully saturated rings. The molecule has 10 nitrogen and oxygen atoms in total. The first kappa shape index (κ1) is 44.2. The minimum absolute atomic E-state index is 0.0503. The monoisotopic (exact) mass is 776 g/mol. The van der Waals surface area contributed by atoms with Gasteiger partial charge >= 0.3 is 5.97 Å². The lowest BCUT2D eigenvalue weighted by molar-refractivity contribution is -0.149. The number of hydrogen-bond donors (Lipinski definition) is 1. The number of esters is 1. The zero-order valence-electron chi connectivity index (χ0n) is 31.6. The number of nitrogens with zero attached hydrogens (tertiary/aromatic N) is 3. The van der Waals surface area contributed by atoms with E-state index in [2.05, 4.69) is 22.0 Å². The predicted octanol–water partition coefficient (Wildman–Crippen LogP) is 7.56. The second kappa shape index (κ2) is 21.0. The molecule has 2 heterocycles. The van der Waals surface area contributed by atoms with E-state index in [9.17, 15) is 36.3 Å². The molecule has 5 atom stereocenters. The minimum Gasteiger partial charge on any atom is -0.415 e. The van der Waals surface area contributed by atoms with Crippen molar-refractivity contribution in [3.8, 4) is 5.75 Å². The van der Waals surface area contributed by atoms with Crippen molar-refractivity contribution in [3.63, 3.8) is 0 Å². The zero-order chi connectivity index (χ0) is 39.4. The van der Waals surface area contributed by atoms with E-state index in [0.717, 1.165) is 56.4 Å². The van der Waals surface area contributed by atoms with E-state index in [1.54, 1.807) is 4.90 Å². The average Bonchev–Trinajstić information content (AvgIpc) is 3.53. The summed E-state index contributed by atoms with van der Waals surface area (Å²) in [7, 11) is 3.34. The number of halogens is 5.